The third-order valence-corrected chi connectivity index (χ3v) is 2.29. The predicted molar refractivity (Wildman–Crippen MR) is 61.2 cm³/mol. The lowest BCUT2D eigenvalue weighted by Gasteiger charge is -2.17. The predicted octanol–water partition coefficient (Wildman–Crippen LogP) is 2.03. The molecule has 1 rings (SSSR count). The van der Waals surface area contributed by atoms with Crippen LogP contribution in [0.25, 0.3) is 0 Å². The van der Waals surface area contributed by atoms with E-state index in [1.165, 1.54) is 11.0 Å². The number of aryl methyl sites for hydroxylation is 1. The highest BCUT2D eigenvalue weighted by molar-refractivity contribution is 6.29. The molecular formula is C11H12ClN3O. The zero-order valence-corrected chi connectivity index (χ0v) is 9.95. The number of nitriles is 1. The van der Waals surface area contributed by atoms with Crippen LogP contribution in [0.3, 0.4) is 0 Å². The lowest BCUT2D eigenvalue weighted by Crippen LogP contribution is -2.31. The molecule has 1 aromatic heterocycles. The lowest BCUT2D eigenvalue weighted by molar-refractivity contribution is 0.0784. The molecule has 0 fully saturated rings. The van der Waals surface area contributed by atoms with Crippen molar-refractivity contribution in [3.63, 3.8) is 0 Å². The van der Waals surface area contributed by atoms with Crippen molar-refractivity contribution in [2.45, 2.75) is 13.8 Å². The van der Waals surface area contributed by atoms with Crippen LogP contribution in [-0.2, 0) is 0 Å². The molecule has 0 unspecified atom stereocenters. The van der Waals surface area contributed by atoms with E-state index in [9.17, 15) is 4.79 Å². The van der Waals surface area contributed by atoms with E-state index in [-0.39, 0.29) is 17.6 Å². The summed E-state index contributed by atoms with van der Waals surface area (Å²) in [5.41, 5.74) is 1.15. The Kier molecular flexibility index (Phi) is 4.27. The van der Waals surface area contributed by atoms with Crippen molar-refractivity contribution in [3.05, 3.63) is 28.5 Å². The van der Waals surface area contributed by atoms with Gasteiger partial charge in [-0.3, -0.25) is 4.79 Å². The summed E-state index contributed by atoms with van der Waals surface area (Å²) < 4.78 is 0. The van der Waals surface area contributed by atoms with Crippen molar-refractivity contribution in [2.24, 2.45) is 0 Å². The van der Waals surface area contributed by atoms with Gasteiger partial charge in [0.15, 0.2) is 0 Å². The monoisotopic (exact) mass is 237 g/mol. The summed E-state index contributed by atoms with van der Waals surface area (Å²) >= 11 is 5.77. The van der Waals surface area contributed by atoms with Crippen LogP contribution >= 0.6 is 11.6 Å². The highest BCUT2D eigenvalue weighted by Crippen LogP contribution is 2.12. The first-order valence-corrected chi connectivity index (χ1v) is 5.26. The maximum atomic E-state index is 12.0. The lowest BCUT2D eigenvalue weighted by atomic mass is 10.2. The number of aromatic nitrogens is 1. The molecule has 0 radical (unpaired) electrons. The Labute approximate surface area is 99.5 Å². The summed E-state index contributed by atoms with van der Waals surface area (Å²) in [5.74, 6) is -0.198. The van der Waals surface area contributed by atoms with E-state index in [0.29, 0.717) is 17.8 Å². The Balaban J connectivity index is 2.99. The average Bonchev–Trinajstić information content (AvgIpc) is 2.23. The van der Waals surface area contributed by atoms with Crippen LogP contribution in [0.2, 0.25) is 5.15 Å². The van der Waals surface area contributed by atoms with Gasteiger partial charge in [0.2, 0.25) is 0 Å². The summed E-state index contributed by atoms with van der Waals surface area (Å²) in [4.78, 5) is 17.4. The quantitative estimate of drug-likeness (QED) is 0.597. The van der Waals surface area contributed by atoms with Crippen LogP contribution in [0.5, 0.6) is 0 Å². The summed E-state index contributed by atoms with van der Waals surface area (Å²) in [6.45, 7) is 4.16. The number of carbonyl (C=O) groups is 1. The number of nitrogens with zero attached hydrogens (tertiary/aromatic N) is 3. The molecule has 0 aliphatic rings. The van der Waals surface area contributed by atoms with Crippen LogP contribution in [0.15, 0.2) is 12.1 Å². The maximum Gasteiger partial charge on any atom is 0.254 e. The van der Waals surface area contributed by atoms with Gasteiger partial charge in [-0.15, -0.1) is 0 Å². The van der Waals surface area contributed by atoms with Gasteiger partial charge in [-0.05, 0) is 26.0 Å². The minimum atomic E-state index is -0.198. The molecule has 0 spiro atoms. The number of carbonyl (C=O) groups excluding carboxylic acids is 1. The second-order valence-electron chi connectivity index (χ2n) is 3.30. The van der Waals surface area contributed by atoms with Crippen molar-refractivity contribution in [3.8, 4) is 6.07 Å². The Morgan fingerprint density at radius 1 is 1.62 bits per heavy atom. The van der Waals surface area contributed by atoms with E-state index in [1.807, 2.05) is 13.0 Å². The third-order valence-electron chi connectivity index (χ3n) is 2.10. The molecule has 0 aromatic carbocycles. The highest BCUT2D eigenvalue weighted by atomic mass is 35.5. The van der Waals surface area contributed by atoms with Crippen molar-refractivity contribution in [1.82, 2.24) is 9.88 Å². The molecule has 0 saturated heterocycles. The van der Waals surface area contributed by atoms with E-state index in [2.05, 4.69) is 4.98 Å². The van der Waals surface area contributed by atoms with Crippen LogP contribution in [0.1, 0.15) is 23.0 Å². The molecule has 0 N–H and O–H groups in total. The largest absolute Gasteiger partial charge is 0.326 e. The normalized spacial score (nSPS) is 9.62. The first kappa shape index (κ1) is 12.5. The Morgan fingerprint density at radius 2 is 2.31 bits per heavy atom. The smallest absolute Gasteiger partial charge is 0.254 e. The van der Waals surface area contributed by atoms with Gasteiger partial charge in [-0.1, -0.05) is 11.6 Å². The summed E-state index contributed by atoms with van der Waals surface area (Å²) in [6, 6.07) is 5.13. The number of halogens is 1. The van der Waals surface area contributed by atoms with Crippen molar-refractivity contribution in [2.75, 3.05) is 13.1 Å². The van der Waals surface area contributed by atoms with Crippen LogP contribution < -0.4 is 0 Å². The number of pyridine rings is 1. The molecule has 84 valence electrons. The van der Waals surface area contributed by atoms with Gasteiger partial charge in [-0.2, -0.15) is 5.26 Å². The van der Waals surface area contributed by atoms with Crippen molar-refractivity contribution >= 4 is 17.5 Å². The number of hydrogen-bond donors (Lipinski definition) is 0. The molecule has 4 nitrogen and oxygen atoms in total. The van der Waals surface area contributed by atoms with Crippen LogP contribution in [-0.4, -0.2) is 28.9 Å². The summed E-state index contributed by atoms with van der Waals surface area (Å²) in [7, 11) is 0. The van der Waals surface area contributed by atoms with Crippen molar-refractivity contribution < 1.29 is 4.79 Å². The van der Waals surface area contributed by atoms with E-state index in [4.69, 9.17) is 16.9 Å². The fourth-order valence-electron chi connectivity index (χ4n) is 1.35. The van der Waals surface area contributed by atoms with Gasteiger partial charge in [0.1, 0.15) is 11.7 Å². The SMILES string of the molecule is CCN(CC#N)C(=O)c1cc(C)nc(Cl)c1. The molecule has 0 atom stereocenters. The Hall–Kier alpha value is -1.60. The second-order valence-corrected chi connectivity index (χ2v) is 3.68. The molecular weight excluding hydrogens is 226 g/mol. The summed E-state index contributed by atoms with van der Waals surface area (Å²) in [5, 5.41) is 8.88. The van der Waals surface area contributed by atoms with Crippen LogP contribution in [0, 0.1) is 18.3 Å². The van der Waals surface area contributed by atoms with Crippen LogP contribution in [0.4, 0.5) is 0 Å². The second kappa shape index (κ2) is 5.47. The zero-order valence-electron chi connectivity index (χ0n) is 9.20. The van der Waals surface area contributed by atoms with Gasteiger partial charge >= 0.3 is 0 Å². The molecule has 1 amide bonds. The topological polar surface area (TPSA) is 57.0 Å². The molecule has 1 aromatic rings. The molecule has 0 saturated carbocycles. The summed E-state index contributed by atoms with van der Waals surface area (Å²) in [6.07, 6.45) is 0. The molecule has 0 aliphatic heterocycles. The number of amides is 1. The number of rotatable bonds is 3. The highest BCUT2D eigenvalue weighted by Gasteiger charge is 2.14. The minimum Gasteiger partial charge on any atom is -0.326 e. The molecule has 1 heterocycles. The van der Waals surface area contributed by atoms with E-state index in [1.54, 1.807) is 13.0 Å². The molecule has 5 heteroatoms. The average molecular weight is 238 g/mol. The maximum absolute atomic E-state index is 12.0. The van der Waals surface area contributed by atoms with E-state index < -0.39 is 0 Å². The molecule has 0 aliphatic carbocycles. The standard InChI is InChI=1S/C11H12ClN3O/c1-3-15(5-4-13)11(16)9-6-8(2)14-10(12)7-9/h6-7H,3,5H2,1-2H3. The fraction of sp³-hybridized carbons (Fsp3) is 0.364. The van der Waals surface area contributed by atoms with Gasteiger partial charge in [0.25, 0.3) is 5.91 Å². The Bertz CT molecular complexity index is 419. The zero-order chi connectivity index (χ0) is 12.1. The third kappa shape index (κ3) is 2.94. The van der Waals surface area contributed by atoms with Crippen molar-refractivity contribution in [1.29, 1.82) is 5.26 Å². The van der Waals surface area contributed by atoms with Gasteiger partial charge in [-0.25, -0.2) is 4.98 Å². The number of hydrogen-bond acceptors (Lipinski definition) is 3. The van der Waals surface area contributed by atoms with Gasteiger partial charge in [0.05, 0.1) is 6.07 Å². The molecule has 0 bridgehead atoms. The first-order chi connectivity index (χ1) is 7.58. The van der Waals surface area contributed by atoms with Gasteiger partial charge in [0, 0.05) is 17.8 Å². The first-order valence-electron chi connectivity index (χ1n) is 4.89. The van der Waals surface area contributed by atoms with E-state index in [0.717, 1.165) is 0 Å². The minimum absolute atomic E-state index is 0.0777. The van der Waals surface area contributed by atoms with Gasteiger partial charge < -0.3 is 4.90 Å². The fourth-order valence-corrected chi connectivity index (χ4v) is 1.60. The Morgan fingerprint density at radius 3 is 2.81 bits per heavy atom. The molecule has 16 heavy (non-hydrogen) atoms. The van der Waals surface area contributed by atoms with E-state index >= 15 is 0 Å².